The molecule has 110 valence electrons. The highest BCUT2D eigenvalue weighted by Gasteiger charge is 2.16. The van der Waals surface area contributed by atoms with Gasteiger partial charge in [0.25, 0.3) is 0 Å². The molecular weight excluding hydrogens is 287 g/mol. The highest BCUT2D eigenvalue weighted by molar-refractivity contribution is 7.15. The van der Waals surface area contributed by atoms with Gasteiger partial charge in [-0.05, 0) is 24.2 Å². The first-order chi connectivity index (χ1) is 10.2. The lowest BCUT2D eigenvalue weighted by Crippen LogP contribution is -2.19. The number of nitrogens with two attached hydrogens (primary N) is 1. The molecule has 0 aliphatic carbocycles. The van der Waals surface area contributed by atoms with Gasteiger partial charge in [0.1, 0.15) is 5.82 Å². The number of aromatic nitrogens is 2. The van der Waals surface area contributed by atoms with Crippen LogP contribution in [0.4, 0.5) is 10.2 Å². The fourth-order valence-corrected chi connectivity index (χ4v) is 3.16. The van der Waals surface area contributed by atoms with Crippen molar-refractivity contribution >= 4 is 22.1 Å². The average Bonchev–Trinajstić information content (AvgIpc) is 3.04. The lowest BCUT2D eigenvalue weighted by atomic mass is 10.2. The van der Waals surface area contributed by atoms with E-state index >= 15 is 0 Å². The zero-order valence-electron chi connectivity index (χ0n) is 11.8. The number of thiazole rings is 1. The van der Waals surface area contributed by atoms with E-state index in [0.717, 1.165) is 28.5 Å². The van der Waals surface area contributed by atoms with Gasteiger partial charge in [-0.2, -0.15) is 0 Å². The van der Waals surface area contributed by atoms with Crippen LogP contribution in [0.1, 0.15) is 11.3 Å². The monoisotopic (exact) mass is 304 g/mol. The van der Waals surface area contributed by atoms with Crippen LogP contribution in [-0.2, 0) is 13.0 Å². The van der Waals surface area contributed by atoms with Gasteiger partial charge in [0.2, 0.25) is 0 Å². The maximum absolute atomic E-state index is 13.0. The third-order valence-corrected chi connectivity index (χ3v) is 4.17. The van der Waals surface area contributed by atoms with Crippen LogP contribution in [0.2, 0.25) is 0 Å². The molecule has 6 heteroatoms. The number of rotatable bonds is 5. The van der Waals surface area contributed by atoms with Crippen molar-refractivity contribution in [2.45, 2.75) is 13.0 Å². The molecule has 0 saturated heterocycles. The number of hydrogen-bond donors (Lipinski definition) is 1. The Kier molecular flexibility index (Phi) is 3.90. The summed E-state index contributed by atoms with van der Waals surface area (Å²) in [6.07, 6.45) is 2.80. The van der Waals surface area contributed by atoms with Crippen LogP contribution < -0.4 is 10.6 Å². The van der Waals surface area contributed by atoms with Crippen molar-refractivity contribution in [2.75, 3.05) is 18.5 Å². The molecule has 4 nitrogen and oxygen atoms in total. The second-order valence-electron chi connectivity index (χ2n) is 4.96. The molecule has 1 aromatic carbocycles. The normalized spacial score (nSPS) is 11.2. The maximum atomic E-state index is 13.0. The zero-order chi connectivity index (χ0) is 14.8. The Morgan fingerprint density at radius 2 is 2.10 bits per heavy atom. The first-order valence-corrected chi connectivity index (χ1v) is 7.67. The molecule has 0 aliphatic heterocycles. The van der Waals surface area contributed by atoms with E-state index in [2.05, 4.69) is 14.3 Å². The van der Waals surface area contributed by atoms with E-state index in [9.17, 15) is 4.39 Å². The Morgan fingerprint density at radius 1 is 1.33 bits per heavy atom. The Morgan fingerprint density at radius 3 is 2.81 bits per heavy atom. The summed E-state index contributed by atoms with van der Waals surface area (Å²) >= 11 is 1.61. The minimum Gasteiger partial charge on any atom is -0.354 e. The summed E-state index contributed by atoms with van der Waals surface area (Å²) in [4.78, 5) is 7.74. The number of hydrogen-bond acceptors (Lipinski definition) is 4. The van der Waals surface area contributed by atoms with Gasteiger partial charge in [-0.3, -0.25) is 4.40 Å². The Bertz CT molecular complexity index is 732. The van der Waals surface area contributed by atoms with Crippen molar-refractivity contribution < 1.29 is 4.39 Å². The van der Waals surface area contributed by atoms with Crippen molar-refractivity contribution in [2.24, 2.45) is 5.73 Å². The first-order valence-electron chi connectivity index (χ1n) is 6.79. The number of anilines is 1. The van der Waals surface area contributed by atoms with Crippen LogP contribution in [0.3, 0.4) is 0 Å². The van der Waals surface area contributed by atoms with Gasteiger partial charge >= 0.3 is 0 Å². The summed E-state index contributed by atoms with van der Waals surface area (Å²) in [6, 6.07) is 6.56. The Hall–Kier alpha value is -1.92. The molecule has 2 heterocycles. The van der Waals surface area contributed by atoms with E-state index in [4.69, 9.17) is 5.73 Å². The predicted molar refractivity (Wildman–Crippen MR) is 84.3 cm³/mol. The predicted octanol–water partition coefficient (Wildman–Crippen LogP) is 2.67. The molecule has 3 rings (SSSR count). The molecule has 2 N–H and O–H groups in total. The fraction of sp³-hybridized carbons (Fsp3) is 0.267. The summed E-state index contributed by atoms with van der Waals surface area (Å²) in [7, 11) is 2.00. The fourth-order valence-electron chi connectivity index (χ4n) is 2.43. The molecule has 0 fully saturated rings. The quantitative estimate of drug-likeness (QED) is 0.788. The molecule has 0 atom stereocenters. The van der Waals surface area contributed by atoms with E-state index in [-0.39, 0.29) is 5.82 Å². The van der Waals surface area contributed by atoms with Gasteiger partial charge in [0, 0.05) is 31.6 Å². The molecule has 0 radical (unpaired) electrons. The highest BCUT2D eigenvalue weighted by atomic mass is 32.1. The zero-order valence-corrected chi connectivity index (χ0v) is 12.6. The molecule has 0 amide bonds. The Balaban J connectivity index is 1.89. The SMILES string of the molecule is CN(Cc1ccc(F)cc1)c1nc2sccn2c1CCN. The van der Waals surface area contributed by atoms with Gasteiger partial charge in [0.15, 0.2) is 10.8 Å². The third-order valence-electron chi connectivity index (χ3n) is 3.42. The van der Waals surface area contributed by atoms with Gasteiger partial charge in [-0.15, -0.1) is 11.3 Å². The van der Waals surface area contributed by atoms with Gasteiger partial charge in [0.05, 0.1) is 5.69 Å². The number of halogens is 1. The minimum atomic E-state index is -0.215. The molecule has 0 saturated carbocycles. The van der Waals surface area contributed by atoms with Crippen molar-refractivity contribution in [3.8, 4) is 0 Å². The highest BCUT2D eigenvalue weighted by Crippen LogP contribution is 2.25. The number of fused-ring (bicyclic) bond motifs is 1. The van der Waals surface area contributed by atoms with E-state index in [1.807, 2.05) is 18.6 Å². The summed E-state index contributed by atoms with van der Waals surface area (Å²) in [5.41, 5.74) is 7.89. The Labute approximate surface area is 126 Å². The molecule has 0 aliphatic rings. The maximum Gasteiger partial charge on any atom is 0.195 e. The van der Waals surface area contributed by atoms with Crippen LogP contribution in [0.25, 0.3) is 4.96 Å². The summed E-state index contributed by atoms with van der Waals surface area (Å²) in [5.74, 6) is 0.726. The largest absolute Gasteiger partial charge is 0.354 e. The van der Waals surface area contributed by atoms with Crippen molar-refractivity contribution in [1.82, 2.24) is 9.38 Å². The third kappa shape index (κ3) is 2.77. The molecule has 21 heavy (non-hydrogen) atoms. The van der Waals surface area contributed by atoms with Gasteiger partial charge in [-0.25, -0.2) is 9.37 Å². The molecule has 0 spiro atoms. The van der Waals surface area contributed by atoms with Crippen LogP contribution in [0, 0.1) is 5.82 Å². The van der Waals surface area contributed by atoms with E-state index < -0.39 is 0 Å². The van der Waals surface area contributed by atoms with Crippen LogP contribution in [-0.4, -0.2) is 23.0 Å². The average molecular weight is 304 g/mol. The molecular formula is C15H17FN4S. The number of nitrogens with zero attached hydrogens (tertiary/aromatic N) is 3. The second kappa shape index (κ2) is 5.83. The summed E-state index contributed by atoms with van der Waals surface area (Å²) in [6.45, 7) is 1.27. The summed E-state index contributed by atoms with van der Waals surface area (Å²) < 4.78 is 15.1. The van der Waals surface area contributed by atoms with E-state index in [1.165, 1.54) is 12.1 Å². The first kappa shape index (κ1) is 14.0. The molecule has 2 aromatic heterocycles. The van der Waals surface area contributed by atoms with Gasteiger partial charge in [-0.1, -0.05) is 12.1 Å². The van der Waals surface area contributed by atoms with Crippen molar-refractivity contribution in [3.63, 3.8) is 0 Å². The van der Waals surface area contributed by atoms with Crippen molar-refractivity contribution in [1.29, 1.82) is 0 Å². The minimum absolute atomic E-state index is 0.215. The molecule has 0 bridgehead atoms. The number of imidazole rings is 1. The summed E-state index contributed by atoms with van der Waals surface area (Å²) in [5, 5.41) is 2.02. The van der Waals surface area contributed by atoms with Crippen molar-refractivity contribution in [3.05, 3.63) is 52.9 Å². The van der Waals surface area contributed by atoms with E-state index in [0.29, 0.717) is 13.1 Å². The van der Waals surface area contributed by atoms with Crippen LogP contribution in [0.15, 0.2) is 35.8 Å². The topological polar surface area (TPSA) is 46.6 Å². The lowest BCUT2D eigenvalue weighted by Gasteiger charge is -2.18. The standard InChI is InChI=1S/C15H17FN4S/c1-19(10-11-2-4-12(16)5-3-11)14-13(6-7-17)20-8-9-21-15(20)18-14/h2-5,8-9H,6-7,10,17H2,1H3. The molecule has 3 aromatic rings. The lowest BCUT2D eigenvalue weighted by molar-refractivity contribution is 0.627. The van der Waals surface area contributed by atoms with E-state index in [1.54, 1.807) is 23.5 Å². The van der Waals surface area contributed by atoms with Crippen LogP contribution >= 0.6 is 11.3 Å². The second-order valence-corrected chi connectivity index (χ2v) is 5.83. The van der Waals surface area contributed by atoms with Gasteiger partial charge < -0.3 is 10.6 Å². The smallest absolute Gasteiger partial charge is 0.195 e. The van der Waals surface area contributed by atoms with Crippen LogP contribution in [0.5, 0.6) is 0 Å². The number of benzene rings is 1. The molecule has 0 unspecified atom stereocenters.